The molecule has 0 radical (unpaired) electrons. The maximum Gasteiger partial charge on any atom is 0.747 e. The van der Waals surface area contributed by atoms with Gasteiger partial charge in [0.2, 0.25) is 0 Å². The van der Waals surface area contributed by atoms with Gasteiger partial charge in [-0.1, -0.05) is 0 Å². The number of rotatable bonds is 6. The lowest BCUT2D eigenvalue weighted by molar-refractivity contribution is 0.356. The van der Waals surface area contributed by atoms with Crippen molar-refractivity contribution in [1.29, 1.82) is 0 Å². The van der Waals surface area contributed by atoms with Gasteiger partial charge < -0.3 is 14.8 Å². The smallest absolute Gasteiger partial charge is 0.493 e. The van der Waals surface area contributed by atoms with Gasteiger partial charge in [-0.15, -0.1) is 4.89 Å². The predicted octanol–water partition coefficient (Wildman–Crippen LogP) is 4.02. The molecule has 1 unspecified atom stereocenters. The largest absolute Gasteiger partial charge is 0.747 e. The lowest BCUT2D eigenvalue weighted by atomic mass is 10.1. The second-order valence-corrected chi connectivity index (χ2v) is 5.72. The molecule has 0 saturated heterocycles. The van der Waals surface area contributed by atoms with Crippen LogP contribution in [0.2, 0.25) is 0 Å². The van der Waals surface area contributed by atoms with Crippen molar-refractivity contribution in [3.05, 3.63) is 48.7 Å². The predicted molar refractivity (Wildman–Crippen MR) is 95.0 cm³/mol. The van der Waals surface area contributed by atoms with E-state index in [1.807, 2.05) is 18.2 Å². The number of nitrogens with one attached hydrogen (secondary N) is 1. The van der Waals surface area contributed by atoms with Crippen LogP contribution in [0.4, 0.5) is 11.4 Å². The van der Waals surface area contributed by atoms with E-state index in [9.17, 15) is 4.57 Å². The fraction of sp³-hybridized carbons (Fsp3) is 0.118. The van der Waals surface area contributed by atoms with E-state index in [0.29, 0.717) is 17.2 Å². The van der Waals surface area contributed by atoms with Gasteiger partial charge in [0.05, 0.1) is 19.7 Å². The Balaban J connectivity index is 1.94. The standard InChI is InChI=1S/C17H15N2O5P/c1-22-16-9-13-14(7-8-18-15(13)10-17(16)23-2)19-11-3-5-12(6-4-11)24-25(20)21/h3-10H,1-2H3,(H-,18,19,20,21)/p+1. The molecule has 8 heteroatoms. The molecular weight excluding hydrogens is 343 g/mol. The fourth-order valence-electron chi connectivity index (χ4n) is 2.43. The van der Waals surface area contributed by atoms with Gasteiger partial charge in [-0.3, -0.25) is 4.98 Å². The molecule has 1 heterocycles. The number of hydrogen-bond acceptors (Lipinski definition) is 6. The van der Waals surface area contributed by atoms with Gasteiger partial charge in [-0.25, -0.2) is 4.52 Å². The highest BCUT2D eigenvalue weighted by atomic mass is 31.1. The molecule has 1 atom stereocenters. The second-order valence-electron chi connectivity index (χ2n) is 5.06. The Hall–Kier alpha value is -2.89. The maximum atomic E-state index is 10.7. The number of nitrogens with zero attached hydrogens (tertiary/aromatic N) is 1. The summed E-state index contributed by atoms with van der Waals surface area (Å²) in [7, 11) is 0.487. The van der Waals surface area contributed by atoms with E-state index in [4.69, 9.17) is 18.9 Å². The number of ether oxygens (including phenoxy) is 2. The van der Waals surface area contributed by atoms with Crippen LogP contribution >= 0.6 is 8.25 Å². The van der Waals surface area contributed by atoms with Crippen LogP contribution in [0.1, 0.15) is 0 Å². The number of methoxy groups -OCH3 is 2. The summed E-state index contributed by atoms with van der Waals surface area (Å²) in [5, 5.41) is 4.16. The summed E-state index contributed by atoms with van der Waals surface area (Å²) in [6, 6.07) is 12.2. The van der Waals surface area contributed by atoms with Crippen molar-refractivity contribution >= 4 is 30.5 Å². The minimum absolute atomic E-state index is 0.320. The van der Waals surface area contributed by atoms with Crippen LogP contribution in [0.15, 0.2) is 48.7 Å². The quantitative estimate of drug-likeness (QED) is 0.642. The summed E-state index contributed by atoms with van der Waals surface area (Å²) in [5.41, 5.74) is 2.40. The molecule has 0 amide bonds. The Kier molecular flexibility index (Phi) is 4.97. The van der Waals surface area contributed by atoms with Gasteiger partial charge in [-0.2, -0.15) is 0 Å². The van der Waals surface area contributed by atoms with Crippen LogP contribution in [0.25, 0.3) is 10.9 Å². The van der Waals surface area contributed by atoms with Crippen molar-refractivity contribution in [2.24, 2.45) is 0 Å². The number of benzene rings is 2. The molecule has 2 N–H and O–H groups in total. The van der Waals surface area contributed by atoms with E-state index in [0.717, 1.165) is 22.3 Å². The third-order valence-corrected chi connectivity index (χ3v) is 3.93. The monoisotopic (exact) mass is 359 g/mol. The SMILES string of the molecule is COc1cc2nccc(Nc3ccc(O[P+](=O)O)cc3)c2cc1OC. The zero-order valence-electron chi connectivity index (χ0n) is 13.6. The van der Waals surface area contributed by atoms with Crippen LogP contribution in [-0.4, -0.2) is 24.1 Å². The summed E-state index contributed by atoms with van der Waals surface area (Å²) in [4.78, 5) is 13.1. The van der Waals surface area contributed by atoms with E-state index in [2.05, 4.69) is 10.3 Å². The number of anilines is 2. The summed E-state index contributed by atoms with van der Waals surface area (Å²) in [5.74, 6) is 1.54. The van der Waals surface area contributed by atoms with Crippen molar-refractivity contribution < 1.29 is 23.5 Å². The van der Waals surface area contributed by atoms with Crippen LogP contribution in [0.3, 0.4) is 0 Å². The van der Waals surface area contributed by atoms with Crippen molar-refractivity contribution in [3.63, 3.8) is 0 Å². The van der Waals surface area contributed by atoms with Crippen LogP contribution in [-0.2, 0) is 4.57 Å². The first kappa shape index (κ1) is 17.0. The summed E-state index contributed by atoms with van der Waals surface area (Å²) in [6.45, 7) is 0. The summed E-state index contributed by atoms with van der Waals surface area (Å²) < 4.78 is 26.1. The highest BCUT2D eigenvalue weighted by molar-refractivity contribution is 7.32. The highest BCUT2D eigenvalue weighted by Gasteiger charge is 2.14. The number of hydrogen-bond donors (Lipinski definition) is 2. The van der Waals surface area contributed by atoms with E-state index in [-0.39, 0.29) is 0 Å². The molecule has 0 saturated carbocycles. The molecular formula is C17H16N2O5P+. The first-order chi connectivity index (χ1) is 12.1. The van der Waals surface area contributed by atoms with Gasteiger partial charge in [0.25, 0.3) is 0 Å². The number of aromatic nitrogens is 1. The molecule has 25 heavy (non-hydrogen) atoms. The van der Waals surface area contributed by atoms with Crippen LogP contribution in [0.5, 0.6) is 17.2 Å². The Labute approximate surface area is 145 Å². The Morgan fingerprint density at radius 2 is 1.72 bits per heavy atom. The van der Waals surface area contributed by atoms with Crippen molar-refractivity contribution in [2.75, 3.05) is 19.5 Å². The molecule has 0 aliphatic heterocycles. The Morgan fingerprint density at radius 1 is 1.04 bits per heavy atom. The van der Waals surface area contributed by atoms with Crippen molar-refractivity contribution in [1.82, 2.24) is 4.98 Å². The fourth-order valence-corrected chi connectivity index (χ4v) is 2.73. The Bertz CT molecular complexity index is 915. The molecule has 0 bridgehead atoms. The minimum Gasteiger partial charge on any atom is -0.493 e. The first-order valence-corrected chi connectivity index (χ1v) is 8.45. The third kappa shape index (κ3) is 3.79. The number of fused-ring (bicyclic) bond motifs is 1. The molecule has 3 aromatic rings. The maximum absolute atomic E-state index is 10.7. The van der Waals surface area contributed by atoms with E-state index in [1.54, 1.807) is 44.7 Å². The summed E-state index contributed by atoms with van der Waals surface area (Å²) in [6.07, 6.45) is 1.70. The molecule has 0 fully saturated rings. The molecule has 0 aliphatic rings. The molecule has 128 valence electrons. The lowest BCUT2D eigenvalue weighted by Gasteiger charge is -2.13. The van der Waals surface area contributed by atoms with Gasteiger partial charge in [-0.05, 0) is 36.4 Å². The highest BCUT2D eigenvalue weighted by Crippen LogP contribution is 2.35. The zero-order valence-corrected chi connectivity index (χ0v) is 14.5. The van der Waals surface area contributed by atoms with Gasteiger partial charge in [0.15, 0.2) is 17.2 Å². The van der Waals surface area contributed by atoms with Gasteiger partial charge in [0, 0.05) is 33.6 Å². The van der Waals surface area contributed by atoms with Gasteiger partial charge in [0.1, 0.15) is 0 Å². The van der Waals surface area contributed by atoms with E-state index >= 15 is 0 Å². The van der Waals surface area contributed by atoms with Crippen molar-refractivity contribution in [3.8, 4) is 17.2 Å². The lowest BCUT2D eigenvalue weighted by Crippen LogP contribution is -1.95. The van der Waals surface area contributed by atoms with Gasteiger partial charge >= 0.3 is 8.25 Å². The van der Waals surface area contributed by atoms with E-state index in [1.165, 1.54) is 0 Å². The summed E-state index contributed by atoms with van der Waals surface area (Å²) >= 11 is 0. The van der Waals surface area contributed by atoms with Crippen LogP contribution < -0.4 is 19.3 Å². The van der Waals surface area contributed by atoms with Crippen molar-refractivity contribution in [2.45, 2.75) is 0 Å². The molecule has 0 aliphatic carbocycles. The molecule has 7 nitrogen and oxygen atoms in total. The zero-order chi connectivity index (χ0) is 17.8. The van der Waals surface area contributed by atoms with Crippen LogP contribution in [0, 0.1) is 0 Å². The first-order valence-electron chi connectivity index (χ1n) is 7.32. The normalized spacial score (nSPS) is 11.1. The molecule has 0 spiro atoms. The second kappa shape index (κ2) is 7.34. The molecule has 3 rings (SSSR count). The minimum atomic E-state index is -2.67. The topological polar surface area (TPSA) is 89.9 Å². The third-order valence-electron chi connectivity index (χ3n) is 3.56. The average molecular weight is 359 g/mol. The average Bonchev–Trinajstić information content (AvgIpc) is 2.62. The van der Waals surface area contributed by atoms with E-state index < -0.39 is 8.25 Å². The number of pyridine rings is 1. The molecule has 1 aromatic heterocycles. The molecule has 2 aromatic carbocycles. The Morgan fingerprint density at radius 3 is 2.36 bits per heavy atom.